The Morgan fingerprint density at radius 3 is 2.38 bits per heavy atom. The molecule has 0 radical (unpaired) electrons. The first-order valence-electron chi connectivity index (χ1n) is 3.94. The molecule has 0 rings (SSSR count). The van der Waals surface area contributed by atoms with Crippen LogP contribution in [0.2, 0.25) is 0 Å². The standard InChI is InChI=1S/C8H15NO4/c1-6(12-5-10)9-7(11)13-8(2,3)4/h5-6H,1-4H3,(H,9,11). The average molecular weight is 189 g/mol. The van der Waals surface area contributed by atoms with Crippen molar-refractivity contribution in [3.63, 3.8) is 0 Å². The summed E-state index contributed by atoms with van der Waals surface area (Å²) in [5, 5.41) is 2.32. The minimum absolute atomic E-state index is 0.266. The summed E-state index contributed by atoms with van der Waals surface area (Å²) in [7, 11) is 0. The highest BCUT2D eigenvalue weighted by Crippen LogP contribution is 2.06. The van der Waals surface area contributed by atoms with E-state index in [9.17, 15) is 9.59 Å². The van der Waals surface area contributed by atoms with Crippen molar-refractivity contribution in [2.45, 2.75) is 39.5 Å². The molecule has 5 nitrogen and oxygen atoms in total. The van der Waals surface area contributed by atoms with Crippen LogP contribution in [0.5, 0.6) is 0 Å². The molecule has 0 saturated heterocycles. The van der Waals surface area contributed by atoms with Crippen molar-refractivity contribution in [1.29, 1.82) is 0 Å². The van der Waals surface area contributed by atoms with E-state index in [0.717, 1.165) is 0 Å². The molecular formula is C8H15NO4. The van der Waals surface area contributed by atoms with Gasteiger partial charge in [-0.25, -0.2) is 4.79 Å². The first kappa shape index (κ1) is 11.7. The lowest BCUT2D eigenvalue weighted by atomic mass is 10.2. The lowest BCUT2D eigenvalue weighted by Crippen LogP contribution is -2.38. The fourth-order valence-electron chi connectivity index (χ4n) is 0.591. The van der Waals surface area contributed by atoms with Crippen LogP contribution >= 0.6 is 0 Å². The summed E-state index contributed by atoms with van der Waals surface area (Å²) >= 11 is 0. The average Bonchev–Trinajstić information content (AvgIpc) is 1.81. The Labute approximate surface area is 77.4 Å². The van der Waals surface area contributed by atoms with Crippen molar-refractivity contribution in [2.75, 3.05) is 0 Å². The third kappa shape index (κ3) is 7.11. The summed E-state index contributed by atoms with van der Waals surface area (Å²) in [4.78, 5) is 20.9. The van der Waals surface area contributed by atoms with Gasteiger partial charge in [0.15, 0.2) is 6.23 Å². The Morgan fingerprint density at radius 1 is 1.46 bits per heavy atom. The fraction of sp³-hybridized carbons (Fsp3) is 0.750. The molecule has 0 aromatic heterocycles. The van der Waals surface area contributed by atoms with Crippen LogP contribution in [0.3, 0.4) is 0 Å². The molecule has 76 valence electrons. The highest BCUT2D eigenvalue weighted by molar-refractivity contribution is 5.67. The predicted molar refractivity (Wildman–Crippen MR) is 46.0 cm³/mol. The molecule has 1 amide bonds. The van der Waals surface area contributed by atoms with Crippen LogP contribution < -0.4 is 5.32 Å². The number of nitrogens with one attached hydrogen (secondary N) is 1. The number of hydrogen-bond acceptors (Lipinski definition) is 4. The predicted octanol–water partition coefficient (Wildman–Crippen LogP) is 1.03. The van der Waals surface area contributed by atoms with E-state index in [1.165, 1.54) is 6.92 Å². The molecule has 0 aliphatic carbocycles. The maximum Gasteiger partial charge on any atom is 0.410 e. The smallest absolute Gasteiger partial charge is 0.410 e. The number of amides is 1. The van der Waals surface area contributed by atoms with E-state index in [4.69, 9.17) is 4.74 Å². The first-order valence-corrected chi connectivity index (χ1v) is 3.94. The summed E-state index contributed by atoms with van der Waals surface area (Å²) < 4.78 is 9.34. The minimum Gasteiger partial charge on any atom is -0.444 e. The summed E-state index contributed by atoms with van der Waals surface area (Å²) in [5.41, 5.74) is -0.551. The van der Waals surface area contributed by atoms with Crippen molar-refractivity contribution in [3.8, 4) is 0 Å². The lowest BCUT2D eigenvalue weighted by Gasteiger charge is -2.21. The molecule has 0 aliphatic rings. The largest absolute Gasteiger partial charge is 0.444 e. The molecule has 0 fully saturated rings. The molecule has 0 aromatic carbocycles. The molecule has 0 heterocycles. The number of alkyl carbamates (subject to hydrolysis) is 1. The summed E-state index contributed by atoms with van der Waals surface area (Å²) in [6.45, 7) is 7.04. The number of ether oxygens (including phenoxy) is 2. The van der Waals surface area contributed by atoms with Crippen LogP contribution in [-0.2, 0) is 14.3 Å². The second-order valence-electron chi connectivity index (χ2n) is 3.52. The second-order valence-corrected chi connectivity index (χ2v) is 3.52. The molecular weight excluding hydrogens is 174 g/mol. The Kier molecular flexibility index (Phi) is 4.23. The lowest BCUT2D eigenvalue weighted by molar-refractivity contribution is -0.133. The van der Waals surface area contributed by atoms with E-state index in [0.29, 0.717) is 0 Å². The second kappa shape index (κ2) is 4.69. The Hall–Kier alpha value is -1.26. The van der Waals surface area contributed by atoms with Crippen molar-refractivity contribution < 1.29 is 19.1 Å². The van der Waals surface area contributed by atoms with E-state index >= 15 is 0 Å². The maximum absolute atomic E-state index is 11.0. The quantitative estimate of drug-likeness (QED) is 0.532. The zero-order chi connectivity index (χ0) is 10.5. The van der Waals surface area contributed by atoms with Gasteiger partial charge in [0, 0.05) is 0 Å². The van der Waals surface area contributed by atoms with Gasteiger partial charge in [-0.05, 0) is 27.7 Å². The maximum atomic E-state index is 11.0. The fourth-order valence-corrected chi connectivity index (χ4v) is 0.591. The van der Waals surface area contributed by atoms with Crippen LogP contribution in [0, 0.1) is 0 Å². The monoisotopic (exact) mass is 189 g/mol. The van der Waals surface area contributed by atoms with Gasteiger partial charge in [0.2, 0.25) is 0 Å². The van der Waals surface area contributed by atoms with Crippen LogP contribution in [0.15, 0.2) is 0 Å². The Balaban J connectivity index is 3.81. The zero-order valence-electron chi connectivity index (χ0n) is 8.29. The number of carbonyl (C=O) groups excluding carboxylic acids is 2. The summed E-state index contributed by atoms with van der Waals surface area (Å²) in [5.74, 6) is 0. The van der Waals surface area contributed by atoms with E-state index < -0.39 is 17.9 Å². The molecule has 1 atom stereocenters. The zero-order valence-corrected chi connectivity index (χ0v) is 8.29. The van der Waals surface area contributed by atoms with Gasteiger partial charge in [-0.1, -0.05) is 0 Å². The van der Waals surface area contributed by atoms with Crippen molar-refractivity contribution in [2.24, 2.45) is 0 Å². The summed E-state index contributed by atoms with van der Waals surface area (Å²) in [6.07, 6.45) is -1.28. The van der Waals surface area contributed by atoms with Gasteiger partial charge in [0.25, 0.3) is 6.47 Å². The Morgan fingerprint density at radius 2 is 2.00 bits per heavy atom. The van der Waals surface area contributed by atoms with Crippen LogP contribution in [-0.4, -0.2) is 24.4 Å². The minimum atomic E-state index is -0.674. The molecule has 0 bridgehead atoms. The third-order valence-corrected chi connectivity index (χ3v) is 0.980. The van der Waals surface area contributed by atoms with Crippen LogP contribution in [0.4, 0.5) is 4.79 Å². The van der Waals surface area contributed by atoms with E-state index in [2.05, 4.69) is 10.1 Å². The number of carbonyl (C=O) groups is 2. The van der Waals surface area contributed by atoms with Gasteiger partial charge in [0.05, 0.1) is 0 Å². The molecule has 0 saturated carbocycles. The van der Waals surface area contributed by atoms with E-state index in [1.807, 2.05) is 0 Å². The topological polar surface area (TPSA) is 64.6 Å². The highest BCUT2D eigenvalue weighted by atomic mass is 16.6. The summed E-state index contributed by atoms with van der Waals surface area (Å²) in [6, 6.07) is 0. The number of hydrogen-bond donors (Lipinski definition) is 1. The molecule has 0 spiro atoms. The van der Waals surface area contributed by atoms with Gasteiger partial charge in [-0.15, -0.1) is 0 Å². The third-order valence-electron chi connectivity index (χ3n) is 0.980. The molecule has 1 unspecified atom stereocenters. The van der Waals surface area contributed by atoms with E-state index in [1.54, 1.807) is 20.8 Å². The van der Waals surface area contributed by atoms with Gasteiger partial charge in [0.1, 0.15) is 5.60 Å². The SMILES string of the molecule is CC(NC(=O)OC(C)(C)C)OC=O. The molecule has 13 heavy (non-hydrogen) atoms. The van der Waals surface area contributed by atoms with Gasteiger partial charge in [-0.3, -0.25) is 10.1 Å². The van der Waals surface area contributed by atoms with Gasteiger partial charge in [-0.2, -0.15) is 0 Å². The van der Waals surface area contributed by atoms with Gasteiger partial charge >= 0.3 is 6.09 Å². The number of rotatable bonds is 3. The molecule has 1 N–H and O–H groups in total. The van der Waals surface area contributed by atoms with Crippen molar-refractivity contribution >= 4 is 12.6 Å². The molecule has 5 heteroatoms. The van der Waals surface area contributed by atoms with Crippen molar-refractivity contribution in [3.05, 3.63) is 0 Å². The van der Waals surface area contributed by atoms with Crippen LogP contribution in [0.25, 0.3) is 0 Å². The van der Waals surface area contributed by atoms with Gasteiger partial charge < -0.3 is 9.47 Å². The van der Waals surface area contributed by atoms with Crippen LogP contribution in [0.1, 0.15) is 27.7 Å². The normalized spacial score (nSPS) is 12.9. The highest BCUT2D eigenvalue weighted by Gasteiger charge is 2.17. The Bertz CT molecular complexity index is 185. The van der Waals surface area contributed by atoms with Crippen molar-refractivity contribution in [1.82, 2.24) is 5.32 Å². The van der Waals surface area contributed by atoms with E-state index in [-0.39, 0.29) is 6.47 Å². The molecule has 0 aliphatic heterocycles. The first-order chi connectivity index (χ1) is 5.85. The molecule has 0 aromatic rings.